The maximum absolute atomic E-state index is 12.8. The number of hydrogen-bond donors (Lipinski definition) is 1. The van der Waals surface area contributed by atoms with Crippen LogP contribution in [0.5, 0.6) is 0 Å². The van der Waals surface area contributed by atoms with Crippen molar-refractivity contribution in [2.45, 2.75) is 4.90 Å². The number of aromatic nitrogens is 2. The van der Waals surface area contributed by atoms with Gasteiger partial charge in [0.05, 0.1) is 27.5 Å². The van der Waals surface area contributed by atoms with Gasteiger partial charge in [0.15, 0.2) is 0 Å². The Morgan fingerprint density at radius 2 is 1.59 bits per heavy atom. The van der Waals surface area contributed by atoms with Crippen molar-refractivity contribution in [1.82, 2.24) is 9.78 Å². The van der Waals surface area contributed by atoms with E-state index in [0.717, 1.165) is 15.5 Å². The van der Waals surface area contributed by atoms with Crippen LogP contribution in [-0.4, -0.2) is 18.2 Å². The van der Waals surface area contributed by atoms with Crippen molar-refractivity contribution in [3.05, 3.63) is 93.3 Å². The number of rotatable bonds is 4. The Morgan fingerprint density at radius 3 is 2.34 bits per heavy atom. The summed E-state index contributed by atoms with van der Waals surface area (Å²) in [5.74, 6) is 0. The van der Waals surface area contributed by atoms with Gasteiger partial charge in [0.25, 0.3) is 15.6 Å². The summed E-state index contributed by atoms with van der Waals surface area (Å²) in [6.45, 7) is 0. The molecule has 0 spiro atoms. The molecule has 0 saturated heterocycles. The molecule has 3 aromatic carbocycles. The first-order valence-electron chi connectivity index (χ1n) is 8.41. The van der Waals surface area contributed by atoms with E-state index in [0.29, 0.717) is 11.4 Å². The first-order chi connectivity index (χ1) is 13.9. The minimum Gasteiger partial charge on any atom is -0.279 e. The average Bonchev–Trinajstić information content (AvgIpc) is 2.72. The van der Waals surface area contributed by atoms with Crippen molar-refractivity contribution in [2.24, 2.45) is 0 Å². The highest BCUT2D eigenvalue weighted by Gasteiger charge is 2.16. The molecule has 4 rings (SSSR count). The second-order valence-electron chi connectivity index (χ2n) is 6.15. The van der Waals surface area contributed by atoms with Crippen LogP contribution in [0.25, 0.3) is 16.5 Å². The molecule has 4 aromatic rings. The van der Waals surface area contributed by atoms with Gasteiger partial charge in [0.2, 0.25) is 0 Å². The van der Waals surface area contributed by atoms with E-state index in [-0.39, 0.29) is 14.9 Å². The largest absolute Gasteiger partial charge is 0.291 e. The predicted octanol–water partition coefficient (Wildman–Crippen LogP) is 4.49. The summed E-state index contributed by atoms with van der Waals surface area (Å²) >= 11 is 11.6. The molecule has 146 valence electrons. The molecule has 1 N–H and O–H groups in total. The zero-order valence-electron chi connectivity index (χ0n) is 14.7. The van der Waals surface area contributed by atoms with Gasteiger partial charge < -0.3 is 0 Å². The Bertz CT molecular complexity index is 1380. The van der Waals surface area contributed by atoms with Crippen molar-refractivity contribution >= 4 is 49.7 Å². The van der Waals surface area contributed by atoms with Crippen molar-refractivity contribution < 1.29 is 8.42 Å². The minimum absolute atomic E-state index is 0.0438. The SMILES string of the molecule is O=c1c(Cl)c(Cl)cnn1-c1ccc(S(=O)(=O)Nc2cccc3ccccc23)cc1. The molecule has 0 atom stereocenters. The Hall–Kier alpha value is -2.87. The van der Waals surface area contributed by atoms with Crippen LogP contribution in [0.2, 0.25) is 10.0 Å². The zero-order valence-corrected chi connectivity index (χ0v) is 17.0. The third-order valence-corrected chi connectivity index (χ3v) is 6.43. The predicted molar refractivity (Wildman–Crippen MR) is 115 cm³/mol. The number of fused-ring (bicyclic) bond motifs is 1. The molecule has 0 unspecified atom stereocenters. The van der Waals surface area contributed by atoms with Gasteiger partial charge in [-0.15, -0.1) is 0 Å². The number of hydrogen-bond acceptors (Lipinski definition) is 4. The number of sulfonamides is 1. The molecular weight excluding hydrogens is 433 g/mol. The van der Waals surface area contributed by atoms with Crippen LogP contribution in [-0.2, 0) is 10.0 Å². The second kappa shape index (κ2) is 7.51. The molecule has 0 fully saturated rings. The average molecular weight is 446 g/mol. The van der Waals surface area contributed by atoms with E-state index in [2.05, 4.69) is 9.82 Å². The Kier molecular flexibility index (Phi) is 5.04. The van der Waals surface area contributed by atoms with Gasteiger partial charge in [-0.3, -0.25) is 9.52 Å². The third-order valence-electron chi connectivity index (χ3n) is 4.30. The van der Waals surface area contributed by atoms with E-state index in [1.54, 1.807) is 12.1 Å². The molecule has 1 aromatic heterocycles. The Morgan fingerprint density at radius 1 is 0.897 bits per heavy atom. The van der Waals surface area contributed by atoms with E-state index in [9.17, 15) is 13.2 Å². The molecular formula is C20H13Cl2N3O3S. The summed E-state index contributed by atoms with van der Waals surface area (Å²) < 4.78 is 29.3. The van der Waals surface area contributed by atoms with Gasteiger partial charge in [-0.05, 0) is 35.7 Å². The monoisotopic (exact) mass is 445 g/mol. The molecule has 6 nitrogen and oxygen atoms in total. The van der Waals surface area contributed by atoms with Gasteiger partial charge in [-0.1, -0.05) is 59.6 Å². The fourth-order valence-corrected chi connectivity index (χ4v) is 4.21. The van der Waals surface area contributed by atoms with Crippen LogP contribution in [0.3, 0.4) is 0 Å². The highest BCUT2D eigenvalue weighted by atomic mass is 35.5. The second-order valence-corrected chi connectivity index (χ2v) is 8.62. The van der Waals surface area contributed by atoms with Crippen LogP contribution in [0, 0.1) is 0 Å². The number of benzene rings is 3. The highest BCUT2D eigenvalue weighted by molar-refractivity contribution is 7.92. The molecule has 0 amide bonds. The van der Waals surface area contributed by atoms with E-state index in [1.165, 1.54) is 30.5 Å². The fourth-order valence-electron chi connectivity index (χ4n) is 2.88. The van der Waals surface area contributed by atoms with Crippen molar-refractivity contribution in [2.75, 3.05) is 4.72 Å². The molecule has 29 heavy (non-hydrogen) atoms. The third kappa shape index (κ3) is 3.72. The van der Waals surface area contributed by atoms with Crippen LogP contribution in [0.4, 0.5) is 5.69 Å². The fraction of sp³-hybridized carbons (Fsp3) is 0. The van der Waals surface area contributed by atoms with Gasteiger partial charge in [-0.2, -0.15) is 9.78 Å². The summed E-state index contributed by atoms with van der Waals surface area (Å²) in [5, 5.41) is 5.53. The van der Waals surface area contributed by atoms with Crippen LogP contribution in [0.15, 0.2) is 82.6 Å². The molecule has 0 aliphatic rings. The van der Waals surface area contributed by atoms with Crippen LogP contribution >= 0.6 is 23.2 Å². The maximum atomic E-state index is 12.8. The van der Waals surface area contributed by atoms with E-state index >= 15 is 0 Å². The smallest absolute Gasteiger partial charge is 0.279 e. The highest BCUT2D eigenvalue weighted by Crippen LogP contribution is 2.26. The van der Waals surface area contributed by atoms with E-state index in [1.807, 2.05) is 30.3 Å². The topological polar surface area (TPSA) is 81.1 Å². The van der Waals surface area contributed by atoms with Crippen LogP contribution in [0.1, 0.15) is 0 Å². The van der Waals surface area contributed by atoms with Gasteiger partial charge >= 0.3 is 0 Å². The van der Waals surface area contributed by atoms with Crippen molar-refractivity contribution in [3.63, 3.8) is 0 Å². The normalized spacial score (nSPS) is 11.5. The lowest BCUT2D eigenvalue weighted by Gasteiger charge is -2.11. The van der Waals surface area contributed by atoms with Crippen molar-refractivity contribution in [1.29, 1.82) is 0 Å². The van der Waals surface area contributed by atoms with Crippen LogP contribution < -0.4 is 10.3 Å². The molecule has 0 bridgehead atoms. The molecule has 9 heteroatoms. The summed E-state index contributed by atoms with van der Waals surface area (Å²) in [7, 11) is -3.83. The van der Waals surface area contributed by atoms with E-state index < -0.39 is 15.6 Å². The summed E-state index contributed by atoms with van der Waals surface area (Å²) in [4.78, 5) is 12.2. The molecule has 0 radical (unpaired) electrons. The minimum atomic E-state index is -3.83. The maximum Gasteiger partial charge on any atom is 0.291 e. The van der Waals surface area contributed by atoms with Gasteiger partial charge in [0, 0.05) is 5.39 Å². The molecule has 0 saturated carbocycles. The lowest BCUT2D eigenvalue weighted by atomic mass is 10.1. The standard InChI is InChI=1S/C20H13Cl2N3O3S/c21-17-12-23-25(20(26)19(17)22)14-8-10-15(11-9-14)29(27,28)24-18-7-3-5-13-4-1-2-6-16(13)18/h1-12,24H. The Labute approximate surface area is 176 Å². The Balaban J connectivity index is 1.68. The number of nitrogens with zero attached hydrogens (tertiary/aromatic N) is 2. The van der Waals surface area contributed by atoms with E-state index in [4.69, 9.17) is 23.2 Å². The summed E-state index contributed by atoms with van der Waals surface area (Å²) in [6, 6.07) is 18.6. The van der Waals surface area contributed by atoms with Gasteiger partial charge in [0.1, 0.15) is 5.02 Å². The molecule has 1 heterocycles. The number of halogens is 2. The lowest BCUT2D eigenvalue weighted by molar-refractivity contribution is 0.601. The number of nitrogens with one attached hydrogen (secondary N) is 1. The molecule has 0 aliphatic heterocycles. The van der Waals surface area contributed by atoms with Crippen molar-refractivity contribution in [3.8, 4) is 5.69 Å². The quantitative estimate of drug-likeness (QED) is 0.501. The number of anilines is 1. The zero-order chi connectivity index (χ0) is 20.6. The summed E-state index contributed by atoms with van der Waals surface area (Å²) in [6.07, 6.45) is 1.25. The van der Waals surface area contributed by atoms with Gasteiger partial charge in [-0.25, -0.2) is 8.42 Å². The molecule has 0 aliphatic carbocycles. The summed E-state index contributed by atoms with van der Waals surface area (Å²) in [5.41, 5.74) is 0.246. The lowest BCUT2D eigenvalue weighted by Crippen LogP contribution is -2.21. The first-order valence-corrected chi connectivity index (χ1v) is 10.6. The first kappa shape index (κ1) is 19.4.